The Hall–Kier alpha value is -2.33. The molecule has 0 unspecified atom stereocenters. The molecular formula is C24H26Cl2N4O4. The molecule has 1 aliphatic heterocycles. The van der Waals surface area contributed by atoms with Crippen molar-refractivity contribution < 1.29 is 18.9 Å². The smallest absolute Gasteiger partial charge is 0.163 e. The van der Waals surface area contributed by atoms with Gasteiger partial charge in [-0.2, -0.15) is 0 Å². The van der Waals surface area contributed by atoms with Crippen molar-refractivity contribution in [1.82, 2.24) is 14.8 Å². The molecule has 0 bridgehead atoms. The number of benzene rings is 2. The average molecular weight is 505 g/mol. The lowest BCUT2D eigenvalue weighted by Gasteiger charge is -2.14. The van der Waals surface area contributed by atoms with Gasteiger partial charge in [0.05, 0.1) is 51.0 Å². The van der Waals surface area contributed by atoms with Gasteiger partial charge in [0.1, 0.15) is 13.2 Å². The molecule has 0 saturated heterocycles. The number of aromatic nitrogens is 3. The molecule has 10 heteroatoms. The highest BCUT2D eigenvalue weighted by Crippen LogP contribution is 2.30. The van der Waals surface area contributed by atoms with Gasteiger partial charge in [-0.05, 0) is 24.3 Å². The number of hydrogen-bond donors (Lipinski definition) is 0. The van der Waals surface area contributed by atoms with Crippen LogP contribution in [0.15, 0.2) is 47.5 Å². The van der Waals surface area contributed by atoms with Crippen LogP contribution in [0.5, 0.6) is 0 Å². The second-order valence-corrected chi connectivity index (χ2v) is 8.29. The summed E-state index contributed by atoms with van der Waals surface area (Å²) < 4.78 is 23.6. The van der Waals surface area contributed by atoms with Gasteiger partial charge >= 0.3 is 0 Å². The Balaban J connectivity index is 1.44. The van der Waals surface area contributed by atoms with E-state index in [1.54, 1.807) is 7.11 Å². The lowest BCUT2D eigenvalue weighted by atomic mass is 10.0. The van der Waals surface area contributed by atoms with E-state index in [4.69, 9.17) is 47.1 Å². The number of rotatable bonds is 12. The van der Waals surface area contributed by atoms with Crippen molar-refractivity contribution in [2.24, 2.45) is 4.99 Å². The van der Waals surface area contributed by atoms with Crippen LogP contribution in [0.1, 0.15) is 22.8 Å². The van der Waals surface area contributed by atoms with Gasteiger partial charge in [0.2, 0.25) is 0 Å². The normalized spacial score (nSPS) is 12.7. The molecule has 34 heavy (non-hydrogen) atoms. The maximum Gasteiger partial charge on any atom is 0.163 e. The Labute approximate surface area is 208 Å². The first-order chi connectivity index (χ1) is 16.7. The molecule has 0 spiro atoms. The second-order valence-electron chi connectivity index (χ2n) is 7.44. The number of halogens is 2. The molecule has 8 nitrogen and oxygen atoms in total. The van der Waals surface area contributed by atoms with Crippen LogP contribution in [0.3, 0.4) is 0 Å². The van der Waals surface area contributed by atoms with Crippen LogP contribution < -0.4 is 0 Å². The van der Waals surface area contributed by atoms with E-state index < -0.39 is 0 Å². The first-order valence-corrected chi connectivity index (χ1v) is 11.7. The van der Waals surface area contributed by atoms with Crippen LogP contribution in [0.2, 0.25) is 10.0 Å². The van der Waals surface area contributed by atoms with E-state index in [1.807, 2.05) is 47.0 Å². The van der Waals surface area contributed by atoms with Gasteiger partial charge in [-0.3, -0.25) is 9.56 Å². The number of hydrogen-bond acceptors (Lipinski definition) is 7. The molecule has 0 N–H and O–H groups in total. The molecule has 3 aromatic rings. The lowest BCUT2D eigenvalue weighted by Crippen LogP contribution is -2.13. The van der Waals surface area contributed by atoms with Crippen LogP contribution in [-0.4, -0.2) is 67.2 Å². The summed E-state index contributed by atoms with van der Waals surface area (Å²) in [5.74, 6) is 1.39. The summed E-state index contributed by atoms with van der Waals surface area (Å²) in [5, 5.41) is 9.92. The molecule has 0 atom stereocenters. The quantitative estimate of drug-likeness (QED) is 0.345. The van der Waals surface area contributed by atoms with Crippen molar-refractivity contribution in [3.05, 3.63) is 75.3 Å². The van der Waals surface area contributed by atoms with Crippen LogP contribution in [0, 0.1) is 0 Å². The van der Waals surface area contributed by atoms with E-state index in [0.717, 1.165) is 22.5 Å². The van der Waals surface area contributed by atoms with Gasteiger partial charge in [0, 0.05) is 28.3 Å². The molecule has 0 fully saturated rings. The molecule has 4 rings (SSSR count). The van der Waals surface area contributed by atoms with Gasteiger partial charge in [-0.25, -0.2) is 0 Å². The monoisotopic (exact) mass is 504 g/mol. The minimum Gasteiger partial charge on any atom is -0.382 e. The zero-order valence-electron chi connectivity index (χ0n) is 18.9. The number of fused-ring (bicyclic) bond motifs is 3. The van der Waals surface area contributed by atoms with Gasteiger partial charge in [-0.1, -0.05) is 41.4 Å². The number of ether oxygens (including phenoxy) is 4. The van der Waals surface area contributed by atoms with E-state index >= 15 is 0 Å². The molecule has 1 aromatic heterocycles. The van der Waals surface area contributed by atoms with E-state index in [9.17, 15) is 0 Å². The molecular weight excluding hydrogens is 479 g/mol. The predicted molar refractivity (Wildman–Crippen MR) is 130 cm³/mol. The summed E-state index contributed by atoms with van der Waals surface area (Å²) >= 11 is 12.9. The molecule has 0 radical (unpaired) electrons. The Morgan fingerprint density at radius 1 is 0.853 bits per heavy atom. The summed E-state index contributed by atoms with van der Waals surface area (Å²) in [6.45, 7) is 3.68. The second kappa shape index (κ2) is 12.4. The van der Waals surface area contributed by atoms with Gasteiger partial charge < -0.3 is 18.9 Å². The minimum absolute atomic E-state index is 0.282. The lowest BCUT2D eigenvalue weighted by molar-refractivity contribution is -0.000161. The van der Waals surface area contributed by atoms with Crippen LogP contribution in [0.4, 0.5) is 0 Å². The molecule has 2 heterocycles. The summed E-state index contributed by atoms with van der Waals surface area (Å²) in [6.07, 6.45) is 0. The van der Waals surface area contributed by atoms with Crippen molar-refractivity contribution in [2.45, 2.75) is 13.2 Å². The third-order valence-electron chi connectivity index (χ3n) is 5.17. The summed E-state index contributed by atoms with van der Waals surface area (Å²) in [7, 11) is 1.64. The predicted octanol–water partition coefficient (Wildman–Crippen LogP) is 4.12. The topological polar surface area (TPSA) is 80.0 Å². The zero-order valence-corrected chi connectivity index (χ0v) is 20.4. The Kier molecular flexibility index (Phi) is 9.04. The number of aliphatic imine (C=N–C) groups is 1. The zero-order chi connectivity index (χ0) is 23.8. The standard InChI is InChI=1S/C24H26Cl2N4O4/c1-31-8-9-32-10-11-33-12-13-34-16-23-29-28-22-15-27-24(18-4-2-3-5-20(18)26)19-14-17(25)6-7-21(19)30(22)23/h2-7,14H,8-13,15-16H2,1H3. The average Bonchev–Trinajstić information content (AvgIpc) is 3.16. The Bertz CT molecular complexity index is 1140. The highest BCUT2D eigenvalue weighted by atomic mass is 35.5. The fourth-order valence-corrected chi connectivity index (χ4v) is 3.98. The highest BCUT2D eigenvalue weighted by Gasteiger charge is 2.24. The first-order valence-electron chi connectivity index (χ1n) is 10.9. The van der Waals surface area contributed by atoms with E-state index in [0.29, 0.717) is 67.9 Å². The fourth-order valence-electron chi connectivity index (χ4n) is 3.58. The SMILES string of the molecule is COCCOCCOCCOCc1nnc2n1-c1ccc(Cl)cc1C(c1ccccc1Cl)=NC2. The fraction of sp³-hybridized carbons (Fsp3) is 0.375. The Morgan fingerprint density at radius 3 is 2.35 bits per heavy atom. The number of methoxy groups -OCH3 is 1. The van der Waals surface area contributed by atoms with E-state index in [-0.39, 0.29) is 6.61 Å². The third kappa shape index (κ3) is 6.02. The molecule has 0 aliphatic carbocycles. The van der Waals surface area contributed by atoms with Gasteiger partial charge in [0.25, 0.3) is 0 Å². The van der Waals surface area contributed by atoms with Gasteiger partial charge in [-0.15, -0.1) is 10.2 Å². The molecule has 1 aliphatic rings. The van der Waals surface area contributed by atoms with Crippen LogP contribution in [0.25, 0.3) is 5.69 Å². The van der Waals surface area contributed by atoms with Crippen molar-refractivity contribution in [2.75, 3.05) is 46.8 Å². The van der Waals surface area contributed by atoms with Crippen molar-refractivity contribution >= 4 is 28.9 Å². The largest absolute Gasteiger partial charge is 0.382 e. The minimum atomic E-state index is 0.282. The van der Waals surface area contributed by atoms with Crippen LogP contribution >= 0.6 is 23.2 Å². The number of nitrogens with zero attached hydrogens (tertiary/aromatic N) is 4. The Morgan fingerprint density at radius 2 is 1.59 bits per heavy atom. The molecule has 180 valence electrons. The van der Waals surface area contributed by atoms with E-state index in [2.05, 4.69) is 10.2 Å². The highest BCUT2D eigenvalue weighted by molar-refractivity contribution is 6.36. The first kappa shape index (κ1) is 24.8. The van der Waals surface area contributed by atoms with Crippen molar-refractivity contribution in [1.29, 1.82) is 0 Å². The third-order valence-corrected chi connectivity index (χ3v) is 5.73. The maximum atomic E-state index is 6.49. The maximum absolute atomic E-state index is 6.49. The van der Waals surface area contributed by atoms with Crippen molar-refractivity contribution in [3.8, 4) is 5.69 Å². The summed E-state index contributed by atoms with van der Waals surface area (Å²) in [6, 6.07) is 13.3. The molecule has 0 saturated carbocycles. The molecule has 0 amide bonds. The molecule has 2 aromatic carbocycles. The van der Waals surface area contributed by atoms with Crippen molar-refractivity contribution in [3.63, 3.8) is 0 Å². The van der Waals surface area contributed by atoms with Crippen LogP contribution in [-0.2, 0) is 32.1 Å². The summed E-state index contributed by atoms with van der Waals surface area (Å²) in [5.41, 5.74) is 3.34. The van der Waals surface area contributed by atoms with E-state index in [1.165, 1.54) is 0 Å². The van der Waals surface area contributed by atoms with Gasteiger partial charge in [0.15, 0.2) is 11.6 Å². The summed E-state index contributed by atoms with van der Waals surface area (Å²) in [4.78, 5) is 4.82.